The van der Waals surface area contributed by atoms with Crippen molar-refractivity contribution >= 4 is 17.2 Å². The molecule has 1 N–H and O–H groups in total. The van der Waals surface area contributed by atoms with Gasteiger partial charge in [-0.2, -0.15) is 0 Å². The Kier molecular flexibility index (Phi) is 3.91. The van der Waals surface area contributed by atoms with Gasteiger partial charge in [0.15, 0.2) is 0 Å². The maximum absolute atomic E-state index is 12.7. The summed E-state index contributed by atoms with van der Waals surface area (Å²) >= 11 is 1.55. The normalized spacial score (nSPS) is 20.1. The van der Waals surface area contributed by atoms with Gasteiger partial charge in [-0.25, -0.2) is 4.98 Å². The third-order valence-corrected chi connectivity index (χ3v) is 6.08. The molecule has 4 nitrogen and oxygen atoms in total. The van der Waals surface area contributed by atoms with Crippen LogP contribution in [-0.2, 0) is 0 Å². The van der Waals surface area contributed by atoms with Crippen LogP contribution in [0.15, 0.2) is 35.7 Å². The highest BCUT2D eigenvalue weighted by Gasteiger charge is 2.38. The molecule has 5 heteroatoms. The molecule has 120 valence electrons. The van der Waals surface area contributed by atoms with E-state index in [4.69, 9.17) is 0 Å². The second kappa shape index (κ2) is 6.06. The molecule has 0 atom stereocenters. The molecule has 2 aliphatic rings. The lowest BCUT2D eigenvalue weighted by Crippen LogP contribution is -2.44. The zero-order chi connectivity index (χ0) is 15.7. The fourth-order valence-electron chi connectivity index (χ4n) is 3.65. The topological polar surface area (TPSA) is 45.2 Å². The van der Waals surface area contributed by atoms with Crippen LogP contribution < -0.4 is 5.32 Å². The van der Waals surface area contributed by atoms with E-state index in [0.29, 0.717) is 11.1 Å². The Morgan fingerprint density at radius 3 is 2.65 bits per heavy atom. The van der Waals surface area contributed by atoms with E-state index in [9.17, 15) is 4.79 Å². The molecule has 0 bridgehead atoms. The van der Waals surface area contributed by atoms with Gasteiger partial charge in [-0.1, -0.05) is 30.3 Å². The van der Waals surface area contributed by atoms with Crippen molar-refractivity contribution in [3.05, 3.63) is 41.4 Å². The molecule has 2 aromatic rings. The van der Waals surface area contributed by atoms with Gasteiger partial charge < -0.3 is 10.2 Å². The number of aromatic nitrogens is 1. The first-order valence-corrected chi connectivity index (χ1v) is 9.15. The number of likely N-dealkylation sites (tertiary alicyclic amines) is 1. The summed E-state index contributed by atoms with van der Waals surface area (Å²) < 4.78 is 0. The molecule has 3 heterocycles. The van der Waals surface area contributed by atoms with Crippen LogP contribution in [0.3, 0.4) is 0 Å². The van der Waals surface area contributed by atoms with E-state index >= 15 is 0 Å². The van der Waals surface area contributed by atoms with Crippen LogP contribution in [0.5, 0.6) is 0 Å². The maximum atomic E-state index is 12.7. The molecule has 0 unspecified atom stereocenters. The van der Waals surface area contributed by atoms with Gasteiger partial charge in [0.2, 0.25) is 0 Å². The van der Waals surface area contributed by atoms with Crippen LogP contribution in [0, 0.1) is 5.41 Å². The number of hydrogen-bond donors (Lipinski definition) is 1. The minimum absolute atomic E-state index is 0.0873. The van der Waals surface area contributed by atoms with Crippen molar-refractivity contribution in [3.63, 3.8) is 0 Å². The van der Waals surface area contributed by atoms with Crippen molar-refractivity contribution in [2.24, 2.45) is 5.41 Å². The molecular weight excluding hydrogens is 306 g/mol. The Bertz CT molecular complexity index is 681. The van der Waals surface area contributed by atoms with E-state index < -0.39 is 0 Å². The molecule has 1 aromatic carbocycles. The Balaban J connectivity index is 1.45. The van der Waals surface area contributed by atoms with Crippen molar-refractivity contribution in [3.8, 4) is 10.6 Å². The second-order valence-electron chi connectivity index (χ2n) is 6.62. The standard InChI is InChI=1S/C18H21N3OS/c22-17(21-10-7-18(8-11-21)6-9-19-13-18)15-12-23-16(20-15)14-4-2-1-3-5-14/h1-5,12,19H,6-11,13H2. The van der Waals surface area contributed by atoms with Crippen molar-refractivity contribution in [1.29, 1.82) is 0 Å². The van der Waals surface area contributed by atoms with Crippen LogP contribution in [0.25, 0.3) is 10.6 Å². The van der Waals surface area contributed by atoms with Gasteiger partial charge in [-0.3, -0.25) is 4.79 Å². The molecule has 2 saturated heterocycles. The van der Waals surface area contributed by atoms with Gasteiger partial charge in [0.05, 0.1) is 0 Å². The van der Waals surface area contributed by atoms with Crippen LogP contribution in [-0.4, -0.2) is 42.0 Å². The fraction of sp³-hybridized carbons (Fsp3) is 0.444. The molecule has 2 aliphatic heterocycles. The van der Waals surface area contributed by atoms with E-state index in [1.54, 1.807) is 11.3 Å². The number of amides is 1. The Morgan fingerprint density at radius 1 is 1.17 bits per heavy atom. The maximum Gasteiger partial charge on any atom is 0.273 e. The Labute approximate surface area is 140 Å². The molecule has 4 rings (SSSR count). The number of piperidine rings is 1. The summed E-state index contributed by atoms with van der Waals surface area (Å²) in [5.41, 5.74) is 2.11. The van der Waals surface area contributed by atoms with Crippen LogP contribution in [0.4, 0.5) is 0 Å². The minimum atomic E-state index is 0.0873. The van der Waals surface area contributed by atoms with Gasteiger partial charge in [0.1, 0.15) is 10.7 Å². The van der Waals surface area contributed by atoms with Gasteiger partial charge in [0, 0.05) is 30.6 Å². The smallest absolute Gasteiger partial charge is 0.273 e. The first-order valence-electron chi connectivity index (χ1n) is 8.27. The summed E-state index contributed by atoms with van der Waals surface area (Å²) in [7, 11) is 0. The third kappa shape index (κ3) is 2.91. The lowest BCUT2D eigenvalue weighted by atomic mass is 9.78. The first-order chi connectivity index (χ1) is 11.3. The summed E-state index contributed by atoms with van der Waals surface area (Å²) in [4.78, 5) is 19.2. The predicted molar refractivity (Wildman–Crippen MR) is 92.6 cm³/mol. The second-order valence-corrected chi connectivity index (χ2v) is 7.48. The number of nitrogens with one attached hydrogen (secondary N) is 1. The number of benzene rings is 1. The zero-order valence-corrected chi connectivity index (χ0v) is 13.9. The summed E-state index contributed by atoms with van der Waals surface area (Å²) in [5, 5.41) is 6.28. The number of carbonyl (C=O) groups is 1. The van der Waals surface area contributed by atoms with Crippen molar-refractivity contribution in [1.82, 2.24) is 15.2 Å². The van der Waals surface area contributed by atoms with Crippen LogP contribution in [0.1, 0.15) is 29.8 Å². The number of hydrogen-bond acceptors (Lipinski definition) is 4. The quantitative estimate of drug-likeness (QED) is 0.922. The van der Waals surface area contributed by atoms with Crippen molar-refractivity contribution < 1.29 is 4.79 Å². The van der Waals surface area contributed by atoms with Crippen molar-refractivity contribution in [2.45, 2.75) is 19.3 Å². The number of thiazole rings is 1. The molecule has 2 fully saturated rings. The van der Waals surface area contributed by atoms with Gasteiger partial charge in [-0.15, -0.1) is 11.3 Å². The summed E-state index contributed by atoms with van der Waals surface area (Å²) in [6.07, 6.45) is 3.48. The van der Waals surface area contributed by atoms with E-state index in [1.807, 2.05) is 40.6 Å². The molecule has 1 spiro atoms. The number of carbonyl (C=O) groups excluding carboxylic acids is 1. The summed E-state index contributed by atoms with van der Waals surface area (Å²) in [6, 6.07) is 10.1. The molecule has 1 amide bonds. The highest BCUT2D eigenvalue weighted by molar-refractivity contribution is 7.13. The summed E-state index contributed by atoms with van der Waals surface area (Å²) in [6.45, 7) is 3.96. The predicted octanol–water partition coefficient (Wildman–Crippen LogP) is 3.03. The monoisotopic (exact) mass is 327 g/mol. The number of nitrogens with zero attached hydrogens (tertiary/aromatic N) is 2. The number of rotatable bonds is 2. The molecule has 0 aliphatic carbocycles. The molecular formula is C18H21N3OS. The first kappa shape index (κ1) is 14.8. The van der Waals surface area contributed by atoms with Gasteiger partial charge in [0.25, 0.3) is 5.91 Å². The zero-order valence-electron chi connectivity index (χ0n) is 13.1. The highest BCUT2D eigenvalue weighted by Crippen LogP contribution is 2.37. The average molecular weight is 327 g/mol. The van der Waals surface area contributed by atoms with Gasteiger partial charge in [-0.05, 0) is 31.2 Å². The van der Waals surface area contributed by atoms with E-state index in [1.165, 1.54) is 6.42 Å². The summed E-state index contributed by atoms with van der Waals surface area (Å²) in [5.74, 6) is 0.0873. The largest absolute Gasteiger partial charge is 0.337 e. The van der Waals surface area contributed by atoms with Crippen molar-refractivity contribution in [2.75, 3.05) is 26.2 Å². The lowest BCUT2D eigenvalue weighted by molar-refractivity contribution is 0.0603. The Morgan fingerprint density at radius 2 is 1.96 bits per heavy atom. The average Bonchev–Trinajstić information content (AvgIpc) is 3.26. The lowest BCUT2D eigenvalue weighted by Gasteiger charge is -2.38. The van der Waals surface area contributed by atoms with E-state index in [0.717, 1.165) is 49.6 Å². The van der Waals surface area contributed by atoms with E-state index in [2.05, 4.69) is 10.3 Å². The van der Waals surface area contributed by atoms with Gasteiger partial charge >= 0.3 is 0 Å². The molecule has 0 radical (unpaired) electrons. The third-order valence-electron chi connectivity index (χ3n) is 5.19. The van der Waals surface area contributed by atoms with Crippen LogP contribution in [0.2, 0.25) is 0 Å². The fourth-order valence-corrected chi connectivity index (χ4v) is 4.45. The molecule has 0 saturated carbocycles. The minimum Gasteiger partial charge on any atom is -0.337 e. The van der Waals surface area contributed by atoms with Crippen LogP contribution >= 0.6 is 11.3 Å². The molecule has 1 aromatic heterocycles. The van der Waals surface area contributed by atoms with E-state index in [-0.39, 0.29) is 5.91 Å². The SMILES string of the molecule is O=C(c1csc(-c2ccccc2)n1)N1CCC2(CCNC2)CC1. The highest BCUT2D eigenvalue weighted by atomic mass is 32.1. The Hall–Kier alpha value is -1.72. The molecule has 23 heavy (non-hydrogen) atoms.